The van der Waals surface area contributed by atoms with Crippen LogP contribution in [0, 0.1) is 5.82 Å². The normalized spacial score (nSPS) is 25.8. The van der Waals surface area contributed by atoms with E-state index in [1.807, 2.05) is 6.92 Å². The van der Waals surface area contributed by atoms with Crippen molar-refractivity contribution in [2.24, 2.45) is 5.73 Å². The van der Waals surface area contributed by atoms with Crippen LogP contribution in [0.1, 0.15) is 23.7 Å². The van der Waals surface area contributed by atoms with Gasteiger partial charge in [0.05, 0.1) is 17.7 Å². The number of nitrogens with two attached hydrogens (primary N) is 1. The third-order valence-corrected chi connectivity index (χ3v) is 3.90. The summed E-state index contributed by atoms with van der Waals surface area (Å²) in [6.07, 6.45) is 0.617. The number of hydrogen-bond acceptors (Lipinski definition) is 3. The molecule has 0 heterocycles. The fraction of sp³-hybridized carbons (Fsp3) is 0.462. The molecule has 0 saturated heterocycles. The van der Waals surface area contributed by atoms with Gasteiger partial charge in [-0.25, -0.2) is 4.39 Å². The number of benzene rings is 1. The van der Waals surface area contributed by atoms with E-state index in [1.165, 1.54) is 12.1 Å². The number of nitrogens with one attached hydrogen (secondary N) is 1. The van der Waals surface area contributed by atoms with Gasteiger partial charge in [-0.05, 0) is 41.4 Å². The maximum atomic E-state index is 13.7. The number of rotatable bonds is 4. The second-order valence-corrected chi connectivity index (χ2v) is 5.34. The van der Waals surface area contributed by atoms with Gasteiger partial charge in [-0.2, -0.15) is 0 Å². The van der Waals surface area contributed by atoms with Gasteiger partial charge in [-0.15, -0.1) is 0 Å². The zero-order chi connectivity index (χ0) is 14.0. The molecule has 0 aliphatic heterocycles. The second-order valence-electron chi connectivity index (χ2n) is 4.49. The average molecular weight is 331 g/mol. The molecule has 3 unspecified atom stereocenters. The highest BCUT2D eigenvalue weighted by Crippen LogP contribution is 2.25. The maximum absolute atomic E-state index is 13.7. The van der Waals surface area contributed by atoms with Gasteiger partial charge in [0.25, 0.3) is 5.91 Å². The molecule has 1 saturated carbocycles. The first-order chi connectivity index (χ1) is 9.04. The average Bonchev–Trinajstić information content (AvgIpc) is 2.36. The summed E-state index contributed by atoms with van der Waals surface area (Å²) in [7, 11) is 0. The Labute approximate surface area is 119 Å². The highest BCUT2D eigenvalue weighted by molar-refractivity contribution is 9.10. The van der Waals surface area contributed by atoms with E-state index in [0.29, 0.717) is 17.5 Å². The van der Waals surface area contributed by atoms with Crippen molar-refractivity contribution in [3.63, 3.8) is 0 Å². The molecule has 4 nitrogen and oxygen atoms in total. The van der Waals surface area contributed by atoms with Crippen LogP contribution in [0.2, 0.25) is 0 Å². The summed E-state index contributed by atoms with van der Waals surface area (Å²) in [6, 6.07) is 4.00. The van der Waals surface area contributed by atoms with Gasteiger partial charge in [0.2, 0.25) is 0 Å². The Morgan fingerprint density at radius 2 is 2.37 bits per heavy atom. The summed E-state index contributed by atoms with van der Waals surface area (Å²) in [5.74, 6) is -1.04. The summed E-state index contributed by atoms with van der Waals surface area (Å²) < 4.78 is 19.5. The van der Waals surface area contributed by atoms with E-state index in [0.717, 1.165) is 0 Å². The first-order valence-electron chi connectivity index (χ1n) is 6.16. The van der Waals surface area contributed by atoms with Crippen molar-refractivity contribution < 1.29 is 13.9 Å². The lowest BCUT2D eigenvalue weighted by Gasteiger charge is -2.42. The quantitative estimate of drug-likeness (QED) is 0.885. The molecule has 1 aliphatic carbocycles. The summed E-state index contributed by atoms with van der Waals surface area (Å²) in [4.78, 5) is 12.1. The Balaban J connectivity index is 2.09. The molecule has 1 aromatic rings. The van der Waals surface area contributed by atoms with Crippen LogP contribution in [0.5, 0.6) is 0 Å². The third kappa shape index (κ3) is 2.96. The molecule has 3 N–H and O–H groups in total. The summed E-state index contributed by atoms with van der Waals surface area (Å²) in [5.41, 5.74) is 5.84. The van der Waals surface area contributed by atoms with Crippen LogP contribution in [-0.4, -0.2) is 30.7 Å². The molecular formula is C13H16BrFN2O2. The zero-order valence-corrected chi connectivity index (χ0v) is 12.1. The molecule has 0 radical (unpaired) electrons. The van der Waals surface area contributed by atoms with E-state index < -0.39 is 11.7 Å². The molecule has 104 valence electrons. The molecule has 1 fully saturated rings. The Morgan fingerprint density at radius 3 is 2.95 bits per heavy atom. The smallest absolute Gasteiger partial charge is 0.255 e. The summed E-state index contributed by atoms with van der Waals surface area (Å²) >= 11 is 3.18. The number of hydrogen-bond donors (Lipinski definition) is 2. The molecule has 0 aromatic heterocycles. The minimum Gasteiger partial charge on any atom is -0.376 e. The molecule has 19 heavy (non-hydrogen) atoms. The topological polar surface area (TPSA) is 64.3 Å². The van der Waals surface area contributed by atoms with Crippen molar-refractivity contribution in [1.82, 2.24) is 5.32 Å². The number of carbonyl (C=O) groups is 1. The fourth-order valence-electron chi connectivity index (χ4n) is 2.17. The Bertz CT molecular complexity index is 461. The third-order valence-electron chi connectivity index (χ3n) is 3.23. The molecule has 1 aromatic carbocycles. The van der Waals surface area contributed by atoms with Gasteiger partial charge >= 0.3 is 0 Å². The van der Waals surface area contributed by atoms with Crippen molar-refractivity contribution in [1.29, 1.82) is 0 Å². The molecule has 0 spiro atoms. The number of ether oxygens (including phenoxy) is 1. The van der Waals surface area contributed by atoms with Gasteiger partial charge < -0.3 is 15.8 Å². The molecular weight excluding hydrogens is 315 g/mol. The largest absolute Gasteiger partial charge is 0.376 e. The van der Waals surface area contributed by atoms with Crippen molar-refractivity contribution in [2.75, 3.05) is 6.61 Å². The first kappa shape index (κ1) is 14.4. The summed E-state index contributed by atoms with van der Waals surface area (Å²) in [5, 5.41) is 2.74. The standard InChI is InChI=1S/C13H16BrFN2O2/c1-2-19-10-6-9(16)12(10)17-13(18)11-7(14)4-3-5-8(11)15/h3-5,9-10,12H,2,6,16H2,1H3,(H,17,18). The van der Waals surface area contributed by atoms with Gasteiger partial charge in [-0.3, -0.25) is 4.79 Å². The van der Waals surface area contributed by atoms with Gasteiger partial charge in [0, 0.05) is 17.1 Å². The van der Waals surface area contributed by atoms with Crippen molar-refractivity contribution in [3.8, 4) is 0 Å². The van der Waals surface area contributed by atoms with Gasteiger partial charge in [0.15, 0.2) is 0 Å². The number of amides is 1. The van der Waals surface area contributed by atoms with E-state index in [4.69, 9.17) is 10.5 Å². The molecule has 1 aliphatic rings. The van der Waals surface area contributed by atoms with Crippen molar-refractivity contribution in [3.05, 3.63) is 34.1 Å². The Morgan fingerprint density at radius 1 is 1.63 bits per heavy atom. The number of carbonyl (C=O) groups excluding carboxylic acids is 1. The minimum atomic E-state index is -0.562. The first-order valence-corrected chi connectivity index (χ1v) is 6.96. The fourth-order valence-corrected chi connectivity index (χ4v) is 2.69. The Kier molecular flexibility index (Phi) is 4.54. The van der Waals surface area contributed by atoms with Crippen LogP contribution in [0.4, 0.5) is 4.39 Å². The molecule has 1 amide bonds. The minimum absolute atomic E-state index is 0.00292. The second kappa shape index (κ2) is 5.98. The highest BCUT2D eigenvalue weighted by atomic mass is 79.9. The highest BCUT2D eigenvalue weighted by Gasteiger charge is 2.40. The van der Waals surface area contributed by atoms with Crippen LogP contribution in [0.25, 0.3) is 0 Å². The maximum Gasteiger partial charge on any atom is 0.255 e. The van der Waals surface area contributed by atoms with Crippen molar-refractivity contribution >= 4 is 21.8 Å². The van der Waals surface area contributed by atoms with Crippen LogP contribution in [0.3, 0.4) is 0 Å². The van der Waals surface area contributed by atoms with E-state index >= 15 is 0 Å². The van der Waals surface area contributed by atoms with Crippen LogP contribution in [-0.2, 0) is 4.74 Å². The predicted octanol–water partition coefficient (Wildman–Crippen LogP) is 1.82. The van der Waals surface area contributed by atoms with Crippen LogP contribution < -0.4 is 11.1 Å². The Hall–Kier alpha value is -0.980. The van der Waals surface area contributed by atoms with Crippen LogP contribution >= 0.6 is 15.9 Å². The molecule has 2 rings (SSSR count). The van der Waals surface area contributed by atoms with E-state index in [-0.39, 0.29) is 23.8 Å². The SMILES string of the molecule is CCOC1CC(N)C1NC(=O)c1c(F)cccc1Br. The molecule has 6 heteroatoms. The van der Waals surface area contributed by atoms with Crippen LogP contribution in [0.15, 0.2) is 22.7 Å². The van der Waals surface area contributed by atoms with E-state index in [9.17, 15) is 9.18 Å². The lowest BCUT2D eigenvalue weighted by Crippen LogP contribution is -2.64. The molecule has 0 bridgehead atoms. The van der Waals surface area contributed by atoms with Gasteiger partial charge in [-0.1, -0.05) is 6.07 Å². The lowest BCUT2D eigenvalue weighted by molar-refractivity contribution is -0.0300. The lowest BCUT2D eigenvalue weighted by atomic mass is 9.83. The zero-order valence-electron chi connectivity index (χ0n) is 10.5. The monoisotopic (exact) mass is 330 g/mol. The molecule has 3 atom stereocenters. The van der Waals surface area contributed by atoms with E-state index in [2.05, 4.69) is 21.2 Å². The number of halogens is 2. The predicted molar refractivity (Wildman–Crippen MR) is 73.4 cm³/mol. The van der Waals surface area contributed by atoms with E-state index in [1.54, 1.807) is 6.07 Å². The van der Waals surface area contributed by atoms with Crippen molar-refractivity contribution in [2.45, 2.75) is 31.5 Å². The van der Waals surface area contributed by atoms with Gasteiger partial charge in [0.1, 0.15) is 5.82 Å². The summed E-state index contributed by atoms with van der Waals surface area (Å²) in [6.45, 7) is 2.45.